The standard InChI is InChI=1S/C12H16Br2O/c1-8(2)3-6-12(15)10-7-9(13)4-5-11(10)14/h4-5,7-8,12,15H,3,6H2,1-2H3. The van der Waals surface area contributed by atoms with Gasteiger partial charge in [0.15, 0.2) is 0 Å². The third-order valence-electron chi connectivity index (χ3n) is 2.33. The van der Waals surface area contributed by atoms with Crippen molar-refractivity contribution in [3.63, 3.8) is 0 Å². The minimum absolute atomic E-state index is 0.376. The third-order valence-corrected chi connectivity index (χ3v) is 3.55. The van der Waals surface area contributed by atoms with Gasteiger partial charge < -0.3 is 5.11 Å². The number of aliphatic hydroxyl groups excluding tert-OH is 1. The van der Waals surface area contributed by atoms with Crippen LogP contribution >= 0.6 is 31.9 Å². The molecular weight excluding hydrogens is 320 g/mol. The van der Waals surface area contributed by atoms with Crippen molar-refractivity contribution >= 4 is 31.9 Å². The number of rotatable bonds is 4. The molecule has 0 aliphatic heterocycles. The van der Waals surface area contributed by atoms with Crippen LogP contribution < -0.4 is 0 Å². The molecule has 0 spiro atoms. The highest BCUT2D eigenvalue weighted by atomic mass is 79.9. The molecule has 0 amide bonds. The van der Waals surface area contributed by atoms with Crippen molar-refractivity contribution in [3.05, 3.63) is 32.7 Å². The summed E-state index contributed by atoms with van der Waals surface area (Å²) in [6, 6.07) is 5.88. The third kappa shape index (κ3) is 4.25. The summed E-state index contributed by atoms with van der Waals surface area (Å²) in [6.07, 6.45) is 1.48. The first-order valence-electron chi connectivity index (χ1n) is 5.13. The van der Waals surface area contributed by atoms with Gasteiger partial charge in [0.05, 0.1) is 6.10 Å². The summed E-state index contributed by atoms with van der Waals surface area (Å²) in [5, 5.41) is 10.0. The van der Waals surface area contributed by atoms with Crippen LogP contribution in [0, 0.1) is 5.92 Å². The maximum absolute atomic E-state index is 10.0. The highest BCUT2D eigenvalue weighted by Gasteiger charge is 2.12. The average Bonchev–Trinajstić information content (AvgIpc) is 2.18. The first-order chi connectivity index (χ1) is 7.00. The van der Waals surface area contributed by atoms with E-state index in [1.807, 2.05) is 18.2 Å². The van der Waals surface area contributed by atoms with E-state index in [0.29, 0.717) is 5.92 Å². The zero-order chi connectivity index (χ0) is 11.4. The normalized spacial score (nSPS) is 13.2. The molecule has 0 aliphatic rings. The Balaban J connectivity index is 2.72. The van der Waals surface area contributed by atoms with E-state index in [9.17, 15) is 5.11 Å². The minimum Gasteiger partial charge on any atom is -0.388 e. The van der Waals surface area contributed by atoms with Crippen molar-refractivity contribution in [3.8, 4) is 0 Å². The zero-order valence-corrected chi connectivity index (χ0v) is 12.2. The lowest BCUT2D eigenvalue weighted by molar-refractivity contribution is 0.158. The van der Waals surface area contributed by atoms with Gasteiger partial charge in [0, 0.05) is 8.95 Å². The molecule has 15 heavy (non-hydrogen) atoms. The molecule has 0 radical (unpaired) electrons. The van der Waals surface area contributed by atoms with E-state index in [0.717, 1.165) is 27.4 Å². The molecule has 0 fully saturated rings. The monoisotopic (exact) mass is 334 g/mol. The van der Waals surface area contributed by atoms with Gasteiger partial charge in [-0.15, -0.1) is 0 Å². The SMILES string of the molecule is CC(C)CCC(O)c1cc(Br)ccc1Br. The van der Waals surface area contributed by atoms with E-state index in [4.69, 9.17) is 0 Å². The number of aliphatic hydroxyl groups is 1. The fourth-order valence-electron chi connectivity index (χ4n) is 1.42. The second-order valence-electron chi connectivity index (χ2n) is 4.15. The van der Waals surface area contributed by atoms with E-state index >= 15 is 0 Å². The number of halogens is 2. The van der Waals surface area contributed by atoms with E-state index < -0.39 is 0 Å². The molecule has 1 N–H and O–H groups in total. The summed E-state index contributed by atoms with van der Waals surface area (Å²) in [5.74, 6) is 0.630. The van der Waals surface area contributed by atoms with Crippen molar-refractivity contribution in [1.29, 1.82) is 0 Å². The second kappa shape index (κ2) is 6.02. The Labute approximate surface area is 108 Å². The Morgan fingerprint density at radius 3 is 2.47 bits per heavy atom. The van der Waals surface area contributed by atoms with Crippen LogP contribution in [-0.2, 0) is 0 Å². The Kier molecular flexibility index (Phi) is 5.30. The van der Waals surface area contributed by atoms with Crippen LogP contribution in [0.15, 0.2) is 27.1 Å². The zero-order valence-electron chi connectivity index (χ0n) is 9.00. The van der Waals surface area contributed by atoms with Gasteiger partial charge in [0.2, 0.25) is 0 Å². The molecule has 0 saturated carbocycles. The molecule has 1 nitrogen and oxygen atoms in total. The Morgan fingerprint density at radius 1 is 1.20 bits per heavy atom. The quantitative estimate of drug-likeness (QED) is 0.846. The van der Waals surface area contributed by atoms with Crippen LogP contribution in [-0.4, -0.2) is 5.11 Å². The van der Waals surface area contributed by atoms with Gasteiger partial charge in [0.1, 0.15) is 0 Å². The van der Waals surface area contributed by atoms with Crippen LogP contribution in [0.2, 0.25) is 0 Å². The predicted molar refractivity (Wildman–Crippen MR) is 70.9 cm³/mol. The van der Waals surface area contributed by atoms with Gasteiger partial charge in [-0.3, -0.25) is 0 Å². The minimum atomic E-state index is -0.376. The summed E-state index contributed by atoms with van der Waals surface area (Å²) in [4.78, 5) is 0. The Morgan fingerprint density at radius 2 is 1.87 bits per heavy atom. The molecule has 0 aromatic heterocycles. The first kappa shape index (κ1) is 13.2. The maximum atomic E-state index is 10.0. The molecule has 0 saturated heterocycles. The summed E-state index contributed by atoms with van der Waals surface area (Å²) >= 11 is 6.87. The van der Waals surface area contributed by atoms with Crippen LogP contribution in [0.3, 0.4) is 0 Å². The van der Waals surface area contributed by atoms with Crippen LogP contribution in [0.4, 0.5) is 0 Å². The van der Waals surface area contributed by atoms with Gasteiger partial charge in [0.25, 0.3) is 0 Å². The van der Waals surface area contributed by atoms with E-state index in [1.54, 1.807) is 0 Å². The van der Waals surface area contributed by atoms with Crippen molar-refractivity contribution in [2.24, 2.45) is 5.92 Å². The molecule has 1 aromatic rings. The first-order valence-corrected chi connectivity index (χ1v) is 6.72. The topological polar surface area (TPSA) is 20.2 Å². The summed E-state index contributed by atoms with van der Waals surface area (Å²) in [7, 11) is 0. The smallest absolute Gasteiger partial charge is 0.0801 e. The Bertz CT molecular complexity index is 323. The molecule has 1 aromatic carbocycles. The van der Waals surface area contributed by atoms with Gasteiger partial charge in [-0.2, -0.15) is 0 Å². The molecule has 84 valence electrons. The molecular formula is C12H16Br2O. The second-order valence-corrected chi connectivity index (χ2v) is 5.92. The fourth-order valence-corrected chi connectivity index (χ4v) is 2.31. The lowest BCUT2D eigenvalue weighted by Crippen LogP contribution is -2.00. The molecule has 1 unspecified atom stereocenters. The summed E-state index contributed by atoms with van der Waals surface area (Å²) < 4.78 is 1.98. The number of hydrogen-bond acceptors (Lipinski definition) is 1. The van der Waals surface area contributed by atoms with Crippen LogP contribution in [0.1, 0.15) is 38.4 Å². The lowest BCUT2D eigenvalue weighted by Gasteiger charge is -2.14. The molecule has 0 bridgehead atoms. The highest BCUT2D eigenvalue weighted by Crippen LogP contribution is 2.30. The maximum Gasteiger partial charge on any atom is 0.0801 e. The predicted octanol–water partition coefficient (Wildman–Crippen LogP) is 4.68. The summed E-state index contributed by atoms with van der Waals surface area (Å²) in [5.41, 5.74) is 0.963. The Hall–Kier alpha value is 0.140. The van der Waals surface area contributed by atoms with Gasteiger partial charge >= 0.3 is 0 Å². The largest absolute Gasteiger partial charge is 0.388 e. The molecule has 1 atom stereocenters. The van der Waals surface area contributed by atoms with Crippen molar-refractivity contribution in [2.45, 2.75) is 32.8 Å². The van der Waals surface area contributed by atoms with Crippen molar-refractivity contribution in [2.75, 3.05) is 0 Å². The average molecular weight is 336 g/mol. The number of hydrogen-bond donors (Lipinski definition) is 1. The fraction of sp³-hybridized carbons (Fsp3) is 0.500. The van der Waals surface area contributed by atoms with Crippen LogP contribution in [0.5, 0.6) is 0 Å². The van der Waals surface area contributed by atoms with Gasteiger partial charge in [-0.1, -0.05) is 45.7 Å². The van der Waals surface area contributed by atoms with E-state index in [2.05, 4.69) is 45.7 Å². The van der Waals surface area contributed by atoms with E-state index in [-0.39, 0.29) is 6.10 Å². The molecule has 1 rings (SSSR count). The van der Waals surface area contributed by atoms with Crippen molar-refractivity contribution in [1.82, 2.24) is 0 Å². The highest BCUT2D eigenvalue weighted by molar-refractivity contribution is 9.11. The van der Waals surface area contributed by atoms with Gasteiger partial charge in [-0.25, -0.2) is 0 Å². The lowest BCUT2D eigenvalue weighted by atomic mass is 10.00. The van der Waals surface area contributed by atoms with E-state index in [1.165, 1.54) is 0 Å². The molecule has 0 heterocycles. The number of benzene rings is 1. The van der Waals surface area contributed by atoms with Crippen LogP contribution in [0.25, 0.3) is 0 Å². The van der Waals surface area contributed by atoms with Crippen molar-refractivity contribution < 1.29 is 5.11 Å². The molecule has 0 aliphatic carbocycles. The molecule has 3 heteroatoms. The van der Waals surface area contributed by atoms with Gasteiger partial charge in [-0.05, 0) is 42.5 Å². The summed E-state index contributed by atoms with van der Waals surface area (Å²) in [6.45, 7) is 4.34.